The molecule has 1 atom stereocenters. The lowest BCUT2D eigenvalue weighted by atomic mass is 10.0. The van der Waals surface area contributed by atoms with Crippen molar-refractivity contribution in [3.63, 3.8) is 0 Å². The molecule has 236 valence electrons. The zero-order valence-corrected chi connectivity index (χ0v) is 25.8. The van der Waals surface area contributed by atoms with E-state index in [1.807, 2.05) is 30.3 Å². The van der Waals surface area contributed by atoms with Gasteiger partial charge in [0, 0.05) is 19.5 Å². The number of halogens is 2. The molecular weight excluding hydrogens is 600 g/mol. The van der Waals surface area contributed by atoms with Crippen LogP contribution in [-0.2, 0) is 32.6 Å². The van der Waals surface area contributed by atoms with Gasteiger partial charge in [0.2, 0.25) is 11.8 Å². The van der Waals surface area contributed by atoms with Crippen molar-refractivity contribution in [3.05, 3.63) is 126 Å². The molecule has 45 heavy (non-hydrogen) atoms. The van der Waals surface area contributed by atoms with Gasteiger partial charge in [-0.3, -0.25) is 13.9 Å². The highest BCUT2D eigenvalue weighted by Crippen LogP contribution is 2.27. The first kappa shape index (κ1) is 33.1. The standard InChI is InChI=1S/C34H35F2N3O5S/c1-3-37-34(41)32(22-25-8-6-5-7-9-25)38(23-26-10-12-27(35)13-11-26)33(40)24-39(29-16-14-28(36)15-17-29)45(42,43)31-20-18-30(19-21-31)44-4-2/h5-21,32H,3-4,22-24H2,1-2H3,(H,37,41). The van der Waals surface area contributed by atoms with E-state index in [2.05, 4.69) is 5.32 Å². The maximum atomic E-state index is 14.3. The van der Waals surface area contributed by atoms with Gasteiger partial charge in [-0.1, -0.05) is 42.5 Å². The van der Waals surface area contributed by atoms with E-state index in [9.17, 15) is 26.8 Å². The van der Waals surface area contributed by atoms with E-state index in [0.717, 1.165) is 22.0 Å². The van der Waals surface area contributed by atoms with Gasteiger partial charge in [-0.2, -0.15) is 0 Å². The monoisotopic (exact) mass is 635 g/mol. The fourth-order valence-electron chi connectivity index (χ4n) is 4.77. The second kappa shape index (κ2) is 15.3. The SMILES string of the molecule is CCNC(=O)C(Cc1ccccc1)N(Cc1ccc(F)cc1)C(=O)CN(c1ccc(F)cc1)S(=O)(=O)c1ccc(OCC)cc1. The molecule has 1 N–H and O–H groups in total. The summed E-state index contributed by atoms with van der Waals surface area (Å²) < 4.78 is 62.0. The highest BCUT2D eigenvalue weighted by Gasteiger charge is 2.34. The summed E-state index contributed by atoms with van der Waals surface area (Å²) in [5.74, 6) is -1.70. The minimum Gasteiger partial charge on any atom is -0.494 e. The van der Waals surface area contributed by atoms with Crippen LogP contribution in [0.5, 0.6) is 5.75 Å². The lowest BCUT2D eigenvalue weighted by Gasteiger charge is -2.33. The van der Waals surface area contributed by atoms with Gasteiger partial charge in [-0.15, -0.1) is 0 Å². The smallest absolute Gasteiger partial charge is 0.264 e. The first-order chi connectivity index (χ1) is 21.6. The van der Waals surface area contributed by atoms with Gasteiger partial charge in [0.25, 0.3) is 10.0 Å². The number of sulfonamides is 1. The van der Waals surface area contributed by atoms with Crippen molar-refractivity contribution in [2.45, 2.75) is 37.8 Å². The van der Waals surface area contributed by atoms with Gasteiger partial charge in [0.1, 0.15) is 30.0 Å². The molecule has 0 bridgehead atoms. The molecule has 0 heterocycles. The van der Waals surface area contributed by atoms with E-state index < -0.39 is 46.1 Å². The summed E-state index contributed by atoms with van der Waals surface area (Å²) in [5.41, 5.74) is 1.37. The van der Waals surface area contributed by atoms with Crippen LogP contribution < -0.4 is 14.4 Å². The summed E-state index contributed by atoms with van der Waals surface area (Å²) in [7, 11) is -4.36. The highest BCUT2D eigenvalue weighted by molar-refractivity contribution is 7.92. The number of carbonyl (C=O) groups is 2. The largest absolute Gasteiger partial charge is 0.494 e. The number of nitrogens with zero attached hydrogens (tertiary/aromatic N) is 2. The molecule has 0 aromatic heterocycles. The van der Waals surface area contributed by atoms with Gasteiger partial charge in [-0.25, -0.2) is 17.2 Å². The molecule has 8 nitrogen and oxygen atoms in total. The van der Waals surface area contributed by atoms with Crippen LogP contribution >= 0.6 is 0 Å². The third-order valence-corrected chi connectivity index (χ3v) is 8.79. The van der Waals surface area contributed by atoms with E-state index in [1.54, 1.807) is 13.8 Å². The average Bonchev–Trinajstić information content (AvgIpc) is 3.04. The Morgan fingerprint density at radius 2 is 1.40 bits per heavy atom. The Morgan fingerprint density at radius 3 is 1.98 bits per heavy atom. The van der Waals surface area contributed by atoms with Crippen molar-refractivity contribution in [2.75, 3.05) is 24.0 Å². The molecular formula is C34H35F2N3O5S. The van der Waals surface area contributed by atoms with Crippen molar-refractivity contribution in [3.8, 4) is 5.75 Å². The summed E-state index contributed by atoms with van der Waals surface area (Å²) in [6, 6.07) is 24.1. The Bertz CT molecular complexity index is 1670. The van der Waals surface area contributed by atoms with Crippen LogP contribution in [0.25, 0.3) is 0 Å². The number of benzene rings is 4. The number of amides is 2. The normalized spacial score (nSPS) is 11.8. The van der Waals surface area contributed by atoms with E-state index in [1.165, 1.54) is 65.6 Å². The van der Waals surface area contributed by atoms with E-state index in [4.69, 9.17) is 4.74 Å². The lowest BCUT2D eigenvalue weighted by molar-refractivity contribution is -0.140. The third kappa shape index (κ3) is 8.66. The summed E-state index contributed by atoms with van der Waals surface area (Å²) in [6.45, 7) is 3.44. The van der Waals surface area contributed by atoms with E-state index in [-0.39, 0.29) is 23.5 Å². The number of nitrogens with one attached hydrogen (secondary N) is 1. The molecule has 0 aliphatic rings. The number of anilines is 1. The van der Waals surface area contributed by atoms with Gasteiger partial charge in [0.15, 0.2) is 0 Å². The molecule has 0 radical (unpaired) electrons. The molecule has 11 heteroatoms. The van der Waals surface area contributed by atoms with E-state index >= 15 is 0 Å². The van der Waals surface area contributed by atoms with E-state index in [0.29, 0.717) is 24.5 Å². The number of hydrogen-bond acceptors (Lipinski definition) is 5. The summed E-state index contributed by atoms with van der Waals surface area (Å²) in [4.78, 5) is 29.0. The van der Waals surface area contributed by atoms with Crippen molar-refractivity contribution >= 4 is 27.5 Å². The lowest BCUT2D eigenvalue weighted by Crippen LogP contribution is -2.53. The first-order valence-electron chi connectivity index (χ1n) is 14.5. The highest BCUT2D eigenvalue weighted by atomic mass is 32.2. The Hall–Kier alpha value is -4.77. The zero-order valence-electron chi connectivity index (χ0n) is 25.0. The fraction of sp³-hybridized carbons (Fsp3) is 0.235. The molecule has 0 spiro atoms. The second-order valence-electron chi connectivity index (χ2n) is 10.1. The van der Waals surface area contributed by atoms with Crippen LogP contribution in [0.1, 0.15) is 25.0 Å². The van der Waals surface area contributed by atoms with Crippen LogP contribution in [0, 0.1) is 11.6 Å². The quantitative estimate of drug-likeness (QED) is 0.202. The molecule has 2 amide bonds. The predicted octanol–water partition coefficient (Wildman–Crippen LogP) is 5.34. The van der Waals surface area contributed by atoms with Gasteiger partial charge >= 0.3 is 0 Å². The molecule has 0 aliphatic carbocycles. The topological polar surface area (TPSA) is 96.0 Å². The molecule has 0 aliphatic heterocycles. The van der Waals surface area contributed by atoms with Crippen LogP contribution in [0.4, 0.5) is 14.5 Å². The fourth-order valence-corrected chi connectivity index (χ4v) is 6.18. The predicted molar refractivity (Wildman–Crippen MR) is 168 cm³/mol. The summed E-state index contributed by atoms with van der Waals surface area (Å²) in [6.07, 6.45) is 0.141. The van der Waals surface area contributed by atoms with Gasteiger partial charge in [-0.05, 0) is 85.6 Å². The van der Waals surface area contributed by atoms with Crippen molar-refractivity contribution in [1.82, 2.24) is 10.2 Å². The Kier molecular flexibility index (Phi) is 11.3. The Morgan fingerprint density at radius 1 is 0.800 bits per heavy atom. The van der Waals surface area contributed by atoms with Crippen LogP contribution in [0.2, 0.25) is 0 Å². The molecule has 0 saturated heterocycles. The maximum absolute atomic E-state index is 14.3. The maximum Gasteiger partial charge on any atom is 0.264 e. The summed E-state index contributed by atoms with van der Waals surface area (Å²) in [5, 5.41) is 2.78. The summed E-state index contributed by atoms with van der Waals surface area (Å²) >= 11 is 0. The minimum atomic E-state index is -4.36. The van der Waals surface area contributed by atoms with Gasteiger partial charge < -0.3 is 15.0 Å². The zero-order chi connectivity index (χ0) is 32.4. The molecule has 0 saturated carbocycles. The Balaban J connectivity index is 1.77. The minimum absolute atomic E-state index is 0.0537. The van der Waals surface area contributed by atoms with Crippen molar-refractivity contribution in [2.24, 2.45) is 0 Å². The number of likely N-dealkylation sites (N-methyl/N-ethyl adjacent to an activating group) is 1. The second-order valence-corrected chi connectivity index (χ2v) is 12.0. The molecule has 1 unspecified atom stereocenters. The molecule has 4 aromatic carbocycles. The van der Waals surface area contributed by atoms with Crippen LogP contribution in [0.15, 0.2) is 108 Å². The first-order valence-corrected chi connectivity index (χ1v) is 15.9. The van der Waals surface area contributed by atoms with Crippen LogP contribution in [0.3, 0.4) is 0 Å². The van der Waals surface area contributed by atoms with Gasteiger partial charge in [0.05, 0.1) is 17.2 Å². The van der Waals surface area contributed by atoms with Crippen molar-refractivity contribution in [1.29, 1.82) is 0 Å². The molecule has 4 rings (SSSR count). The Labute approximate surface area is 262 Å². The van der Waals surface area contributed by atoms with Crippen LogP contribution in [-0.4, -0.2) is 50.9 Å². The number of hydrogen-bond donors (Lipinski definition) is 1. The molecule has 0 fully saturated rings. The number of ether oxygens (including phenoxy) is 1. The average molecular weight is 636 g/mol. The third-order valence-electron chi connectivity index (χ3n) is 7.00. The number of carbonyl (C=O) groups excluding carboxylic acids is 2. The number of rotatable bonds is 14. The molecule has 4 aromatic rings. The van der Waals surface area contributed by atoms with Crippen molar-refractivity contribution < 1.29 is 31.5 Å².